The van der Waals surface area contributed by atoms with E-state index in [0.717, 1.165) is 18.7 Å². The quantitative estimate of drug-likeness (QED) is 0.601. The monoisotopic (exact) mass is 339 g/mol. The van der Waals surface area contributed by atoms with Crippen molar-refractivity contribution in [3.05, 3.63) is 36.2 Å². The average Bonchev–Trinajstić information content (AvgIpc) is 3.35. The van der Waals surface area contributed by atoms with E-state index in [4.69, 9.17) is 0 Å². The molecule has 1 aromatic heterocycles. The average molecular weight is 339 g/mol. The Hall–Kier alpha value is -2.37. The molecular formula is C19H21N3O3. The third-order valence-electron chi connectivity index (χ3n) is 6.52. The third kappa shape index (κ3) is 1.94. The number of carbonyl (C=O) groups excluding carboxylic acids is 3. The summed E-state index contributed by atoms with van der Waals surface area (Å²) >= 11 is 0. The van der Waals surface area contributed by atoms with Gasteiger partial charge in [-0.25, -0.2) is 0 Å². The van der Waals surface area contributed by atoms with Crippen molar-refractivity contribution in [3.8, 4) is 0 Å². The van der Waals surface area contributed by atoms with E-state index in [1.54, 1.807) is 4.90 Å². The van der Waals surface area contributed by atoms with Crippen LogP contribution < -0.4 is 0 Å². The first kappa shape index (κ1) is 14.9. The molecule has 1 saturated heterocycles. The minimum Gasteiger partial charge on any atom is -0.348 e. The number of carbonyl (C=O) groups is 3. The molecule has 1 saturated carbocycles. The van der Waals surface area contributed by atoms with E-state index in [1.165, 1.54) is 4.90 Å². The van der Waals surface area contributed by atoms with Crippen molar-refractivity contribution >= 4 is 17.7 Å². The second-order valence-electron chi connectivity index (χ2n) is 7.65. The van der Waals surface area contributed by atoms with Gasteiger partial charge in [0.25, 0.3) is 0 Å². The topological polar surface area (TPSA) is 62.6 Å². The largest absolute Gasteiger partial charge is 0.348 e. The summed E-state index contributed by atoms with van der Waals surface area (Å²) in [6, 6.07) is 3.96. The van der Waals surface area contributed by atoms with E-state index in [2.05, 4.69) is 16.7 Å². The lowest BCUT2D eigenvalue weighted by atomic mass is 9.85. The van der Waals surface area contributed by atoms with E-state index in [1.807, 2.05) is 25.3 Å². The van der Waals surface area contributed by atoms with Crippen LogP contribution in [0.25, 0.3) is 0 Å². The van der Waals surface area contributed by atoms with Gasteiger partial charge >= 0.3 is 0 Å². The molecule has 0 N–H and O–H groups in total. The maximum atomic E-state index is 12.8. The van der Waals surface area contributed by atoms with Gasteiger partial charge < -0.3 is 9.47 Å². The standard InChI is InChI=1S/C19H21N3O3/c1-11-14-3-2-6-20(14)7-8-21(11)15(23)10-22-18(24)16-12-4-5-13(9-12)17(16)19(22)25/h2-6,11-13,16-17H,7-10H2,1H3/t11-,12+,13+,16-,17+/m1/s1. The van der Waals surface area contributed by atoms with Crippen LogP contribution >= 0.6 is 0 Å². The molecule has 2 aliphatic carbocycles. The molecule has 3 heterocycles. The third-order valence-corrected chi connectivity index (χ3v) is 6.52. The van der Waals surface area contributed by atoms with Gasteiger partial charge in [0.15, 0.2) is 0 Å². The Labute approximate surface area is 146 Å². The van der Waals surface area contributed by atoms with Gasteiger partial charge in [-0.3, -0.25) is 19.3 Å². The molecule has 2 fully saturated rings. The highest BCUT2D eigenvalue weighted by molar-refractivity contribution is 6.08. The number of aromatic nitrogens is 1. The highest BCUT2D eigenvalue weighted by Gasteiger charge is 2.59. The van der Waals surface area contributed by atoms with Crippen molar-refractivity contribution in [1.29, 1.82) is 0 Å². The van der Waals surface area contributed by atoms with Crippen LogP contribution in [0.4, 0.5) is 0 Å². The van der Waals surface area contributed by atoms with Gasteiger partial charge in [-0.15, -0.1) is 0 Å². The second kappa shape index (κ2) is 5.07. The minimum atomic E-state index is -0.230. The van der Waals surface area contributed by atoms with Crippen LogP contribution in [0.3, 0.4) is 0 Å². The fourth-order valence-corrected chi connectivity index (χ4v) is 5.27. The molecule has 3 amide bonds. The van der Waals surface area contributed by atoms with Crippen LogP contribution in [0.15, 0.2) is 30.5 Å². The summed E-state index contributed by atoms with van der Waals surface area (Å²) in [6.07, 6.45) is 7.08. The summed E-state index contributed by atoms with van der Waals surface area (Å²) in [6.45, 7) is 3.24. The summed E-state index contributed by atoms with van der Waals surface area (Å²) < 4.78 is 2.15. The molecule has 2 aliphatic heterocycles. The number of nitrogens with zero attached hydrogens (tertiary/aromatic N) is 3. The van der Waals surface area contributed by atoms with E-state index in [-0.39, 0.29) is 54.0 Å². The molecule has 0 aromatic carbocycles. The summed E-state index contributed by atoms with van der Waals surface area (Å²) in [7, 11) is 0. The number of hydrogen-bond donors (Lipinski definition) is 0. The fraction of sp³-hybridized carbons (Fsp3) is 0.526. The number of imide groups is 1. The van der Waals surface area contributed by atoms with Gasteiger partial charge in [0.1, 0.15) is 6.54 Å². The van der Waals surface area contributed by atoms with Crippen molar-refractivity contribution in [1.82, 2.24) is 14.4 Å². The Morgan fingerprint density at radius 2 is 1.80 bits per heavy atom. The van der Waals surface area contributed by atoms with Crippen molar-refractivity contribution in [3.63, 3.8) is 0 Å². The molecule has 1 aromatic rings. The van der Waals surface area contributed by atoms with Crippen molar-refractivity contribution in [2.45, 2.75) is 25.9 Å². The highest BCUT2D eigenvalue weighted by Crippen LogP contribution is 2.52. The molecule has 0 spiro atoms. The number of likely N-dealkylation sites (tertiary alicyclic amines) is 1. The minimum absolute atomic E-state index is 0.0404. The van der Waals surface area contributed by atoms with Crippen LogP contribution in [-0.4, -0.2) is 45.2 Å². The van der Waals surface area contributed by atoms with Gasteiger partial charge in [0.05, 0.1) is 17.9 Å². The Bertz CT molecular complexity index is 781. The number of fused-ring (bicyclic) bond motifs is 6. The van der Waals surface area contributed by atoms with Crippen LogP contribution in [-0.2, 0) is 20.9 Å². The molecule has 25 heavy (non-hydrogen) atoms. The molecule has 130 valence electrons. The van der Waals surface area contributed by atoms with Crippen molar-refractivity contribution < 1.29 is 14.4 Å². The first-order valence-electron chi connectivity index (χ1n) is 9.04. The Kier molecular flexibility index (Phi) is 3.03. The number of hydrogen-bond acceptors (Lipinski definition) is 3. The highest BCUT2D eigenvalue weighted by atomic mass is 16.2. The molecule has 0 unspecified atom stereocenters. The van der Waals surface area contributed by atoms with Gasteiger partial charge in [-0.05, 0) is 37.3 Å². The lowest BCUT2D eigenvalue weighted by molar-refractivity contribution is -0.148. The zero-order valence-electron chi connectivity index (χ0n) is 14.2. The normalized spacial score (nSPS) is 35.5. The SMILES string of the molecule is C[C@@H]1c2cccn2CCN1C(=O)CN1C(=O)[C@@H]2[C@H](C1=O)[C@H]1C=C[C@H]2C1. The smallest absolute Gasteiger partial charge is 0.243 e. The molecule has 0 radical (unpaired) electrons. The summed E-state index contributed by atoms with van der Waals surface area (Å²) in [5.41, 5.74) is 1.10. The van der Waals surface area contributed by atoms with E-state index >= 15 is 0 Å². The zero-order valence-corrected chi connectivity index (χ0v) is 14.2. The Morgan fingerprint density at radius 3 is 2.48 bits per heavy atom. The molecule has 6 heteroatoms. The predicted molar refractivity (Wildman–Crippen MR) is 89.0 cm³/mol. The van der Waals surface area contributed by atoms with Crippen LogP contribution in [0.1, 0.15) is 25.1 Å². The zero-order chi connectivity index (χ0) is 17.3. The first-order chi connectivity index (χ1) is 12.1. The number of amides is 3. The van der Waals surface area contributed by atoms with Crippen molar-refractivity contribution in [2.75, 3.05) is 13.1 Å². The summed E-state index contributed by atoms with van der Waals surface area (Å²) in [5, 5.41) is 0. The van der Waals surface area contributed by atoms with E-state index in [0.29, 0.717) is 6.54 Å². The molecule has 2 bridgehead atoms. The molecule has 5 rings (SSSR count). The van der Waals surface area contributed by atoms with Gasteiger partial charge in [-0.2, -0.15) is 0 Å². The first-order valence-corrected chi connectivity index (χ1v) is 9.04. The van der Waals surface area contributed by atoms with Gasteiger partial charge in [0, 0.05) is 25.0 Å². The fourth-order valence-electron chi connectivity index (χ4n) is 5.27. The number of rotatable bonds is 2. The van der Waals surface area contributed by atoms with E-state index < -0.39 is 0 Å². The lowest BCUT2D eigenvalue weighted by Gasteiger charge is -2.35. The molecule has 4 aliphatic rings. The van der Waals surface area contributed by atoms with Crippen molar-refractivity contribution in [2.24, 2.45) is 23.7 Å². The number of allylic oxidation sites excluding steroid dienone is 2. The maximum Gasteiger partial charge on any atom is 0.243 e. The van der Waals surface area contributed by atoms with Gasteiger partial charge in [0.2, 0.25) is 17.7 Å². The van der Waals surface area contributed by atoms with Gasteiger partial charge in [-0.1, -0.05) is 12.2 Å². The molecular weight excluding hydrogens is 318 g/mol. The molecule has 6 nitrogen and oxygen atoms in total. The second-order valence-corrected chi connectivity index (χ2v) is 7.65. The summed E-state index contributed by atoms with van der Waals surface area (Å²) in [4.78, 5) is 41.3. The van der Waals surface area contributed by atoms with Crippen LogP contribution in [0.5, 0.6) is 0 Å². The predicted octanol–water partition coefficient (Wildman–Crippen LogP) is 1.20. The van der Waals surface area contributed by atoms with Crippen LogP contribution in [0.2, 0.25) is 0 Å². The molecule has 5 atom stereocenters. The maximum absolute atomic E-state index is 12.8. The lowest BCUT2D eigenvalue weighted by Crippen LogP contribution is -2.47. The summed E-state index contributed by atoms with van der Waals surface area (Å²) in [5.74, 6) is -0.520. The van der Waals surface area contributed by atoms with E-state index in [9.17, 15) is 14.4 Å². The Balaban J connectivity index is 1.34. The Morgan fingerprint density at radius 1 is 1.12 bits per heavy atom. The van der Waals surface area contributed by atoms with Crippen LogP contribution in [0, 0.1) is 23.7 Å².